The van der Waals surface area contributed by atoms with Gasteiger partial charge in [-0.2, -0.15) is 0 Å². The zero-order valence-electron chi connectivity index (χ0n) is 10.3. The first kappa shape index (κ1) is 14.7. The lowest BCUT2D eigenvalue weighted by molar-refractivity contribution is -0.131. The van der Waals surface area contributed by atoms with Crippen LogP contribution in [0.5, 0.6) is 0 Å². The number of anilines is 1. The van der Waals surface area contributed by atoms with Crippen molar-refractivity contribution in [2.45, 2.75) is 18.9 Å². The van der Waals surface area contributed by atoms with Gasteiger partial charge in [0.1, 0.15) is 0 Å². The first-order valence-corrected chi connectivity index (χ1v) is 5.70. The van der Waals surface area contributed by atoms with Crippen LogP contribution in [0.25, 0.3) is 0 Å². The third-order valence-corrected chi connectivity index (χ3v) is 3.03. The van der Waals surface area contributed by atoms with Crippen molar-refractivity contribution in [2.24, 2.45) is 0 Å². The number of amides is 1. The van der Waals surface area contributed by atoms with Crippen LogP contribution in [0, 0.1) is 0 Å². The van der Waals surface area contributed by atoms with E-state index >= 15 is 0 Å². The summed E-state index contributed by atoms with van der Waals surface area (Å²) in [4.78, 5) is 17.9. The van der Waals surface area contributed by atoms with Gasteiger partial charge in [0.05, 0.1) is 31.0 Å². The van der Waals surface area contributed by atoms with Crippen LogP contribution < -0.4 is 5.73 Å². The van der Waals surface area contributed by atoms with Crippen molar-refractivity contribution < 1.29 is 9.53 Å². The lowest BCUT2D eigenvalue weighted by Crippen LogP contribution is -2.38. The number of carbonyl (C=O) groups is 1. The summed E-state index contributed by atoms with van der Waals surface area (Å²) in [5.74, 6) is 0.0674. The maximum Gasteiger partial charge on any atom is 0.228 e. The van der Waals surface area contributed by atoms with Crippen LogP contribution in [0.4, 0.5) is 5.69 Å². The summed E-state index contributed by atoms with van der Waals surface area (Å²) < 4.78 is 5.27. The molecule has 0 aromatic carbocycles. The molecule has 0 aliphatic carbocycles. The van der Waals surface area contributed by atoms with Gasteiger partial charge in [-0.3, -0.25) is 9.78 Å². The predicted octanol–water partition coefficient (Wildman–Crippen LogP) is 0.875. The van der Waals surface area contributed by atoms with E-state index in [0.29, 0.717) is 18.7 Å². The Hall–Kier alpha value is -1.33. The fraction of sp³-hybridized carbons (Fsp3) is 0.500. The number of carbonyl (C=O) groups excluding carboxylic acids is 1. The number of nitrogens with two attached hydrogens (primary N) is 1. The summed E-state index contributed by atoms with van der Waals surface area (Å²) in [7, 11) is 1.82. The van der Waals surface area contributed by atoms with Gasteiger partial charge in [-0.05, 0) is 18.6 Å². The van der Waals surface area contributed by atoms with E-state index in [1.165, 1.54) is 0 Å². The summed E-state index contributed by atoms with van der Waals surface area (Å²) in [6.45, 7) is 1.37. The Morgan fingerprint density at radius 3 is 2.94 bits per heavy atom. The Morgan fingerprint density at radius 2 is 2.39 bits per heavy atom. The summed E-state index contributed by atoms with van der Waals surface area (Å²) in [5, 5.41) is 0. The molecule has 2 N–H and O–H groups in total. The molecule has 1 fully saturated rings. The van der Waals surface area contributed by atoms with Gasteiger partial charge in [-0.15, -0.1) is 12.4 Å². The Labute approximate surface area is 113 Å². The van der Waals surface area contributed by atoms with Crippen LogP contribution in [0.1, 0.15) is 12.1 Å². The lowest BCUT2D eigenvalue weighted by Gasteiger charge is -2.22. The fourth-order valence-corrected chi connectivity index (χ4v) is 1.85. The third kappa shape index (κ3) is 3.58. The highest BCUT2D eigenvalue weighted by atomic mass is 35.5. The van der Waals surface area contributed by atoms with Gasteiger partial charge in [0.25, 0.3) is 0 Å². The molecule has 0 spiro atoms. The molecule has 1 aromatic heterocycles. The second-order valence-corrected chi connectivity index (χ2v) is 4.28. The van der Waals surface area contributed by atoms with E-state index in [2.05, 4.69) is 4.98 Å². The number of hydrogen-bond donors (Lipinski definition) is 1. The molecule has 18 heavy (non-hydrogen) atoms. The molecule has 1 aliphatic rings. The number of nitrogen functional groups attached to an aromatic ring is 1. The molecule has 6 heteroatoms. The van der Waals surface area contributed by atoms with Crippen molar-refractivity contribution in [3.05, 3.63) is 24.0 Å². The molecule has 1 unspecified atom stereocenters. The molecule has 1 aliphatic heterocycles. The van der Waals surface area contributed by atoms with Crippen LogP contribution in [-0.4, -0.2) is 42.1 Å². The average Bonchev–Trinajstić information content (AvgIpc) is 2.84. The SMILES string of the molecule is CN(C(=O)Cc1ccc(N)cn1)C1CCOC1.Cl. The predicted molar refractivity (Wildman–Crippen MR) is 71.6 cm³/mol. The molecule has 2 heterocycles. The van der Waals surface area contributed by atoms with Crippen LogP contribution in [-0.2, 0) is 16.0 Å². The molecular weight excluding hydrogens is 254 g/mol. The standard InChI is InChI=1S/C12H17N3O2.ClH/c1-15(11-4-5-17-8-11)12(16)6-10-3-2-9(13)7-14-10;/h2-3,7,11H,4-6,8,13H2,1H3;1H. The minimum Gasteiger partial charge on any atom is -0.397 e. The fourth-order valence-electron chi connectivity index (χ4n) is 1.85. The number of hydrogen-bond acceptors (Lipinski definition) is 4. The minimum atomic E-state index is 0. The average molecular weight is 272 g/mol. The second-order valence-electron chi connectivity index (χ2n) is 4.28. The zero-order valence-corrected chi connectivity index (χ0v) is 11.2. The molecule has 1 atom stereocenters. The smallest absolute Gasteiger partial charge is 0.228 e. The van der Waals surface area contributed by atoms with E-state index in [9.17, 15) is 4.79 Å². The second kappa shape index (κ2) is 6.56. The third-order valence-electron chi connectivity index (χ3n) is 3.03. The Balaban J connectivity index is 0.00000162. The first-order valence-electron chi connectivity index (χ1n) is 5.70. The van der Waals surface area contributed by atoms with Crippen molar-refractivity contribution in [1.82, 2.24) is 9.88 Å². The Morgan fingerprint density at radius 1 is 1.61 bits per heavy atom. The van der Waals surface area contributed by atoms with Gasteiger partial charge in [-0.1, -0.05) is 0 Å². The number of likely N-dealkylation sites (N-methyl/N-ethyl adjacent to an activating group) is 1. The maximum atomic E-state index is 12.0. The highest BCUT2D eigenvalue weighted by Crippen LogP contribution is 2.12. The van der Waals surface area contributed by atoms with Gasteiger partial charge in [0.2, 0.25) is 5.91 Å². The molecule has 1 amide bonds. The van der Waals surface area contributed by atoms with E-state index in [0.717, 1.165) is 18.7 Å². The zero-order chi connectivity index (χ0) is 12.3. The van der Waals surface area contributed by atoms with Crippen molar-refractivity contribution in [2.75, 3.05) is 26.0 Å². The molecule has 100 valence electrons. The van der Waals surface area contributed by atoms with E-state index in [-0.39, 0.29) is 24.4 Å². The number of nitrogens with zero attached hydrogens (tertiary/aromatic N) is 2. The van der Waals surface area contributed by atoms with Gasteiger partial charge in [0.15, 0.2) is 0 Å². The quantitative estimate of drug-likeness (QED) is 0.886. The molecule has 5 nitrogen and oxygen atoms in total. The van der Waals surface area contributed by atoms with Crippen molar-refractivity contribution in [3.63, 3.8) is 0 Å². The van der Waals surface area contributed by atoms with E-state index in [1.54, 1.807) is 23.2 Å². The highest BCUT2D eigenvalue weighted by molar-refractivity contribution is 5.85. The van der Waals surface area contributed by atoms with Crippen molar-refractivity contribution in [1.29, 1.82) is 0 Å². The highest BCUT2D eigenvalue weighted by Gasteiger charge is 2.24. The van der Waals surface area contributed by atoms with Crippen LogP contribution in [0.15, 0.2) is 18.3 Å². The lowest BCUT2D eigenvalue weighted by atomic mass is 10.2. The Kier molecular flexibility index (Phi) is 5.37. The number of halogens is 1. The number of pyridine rings is 1. The van der Waals surface area contributed by atoms with Crippen LogP contribution >= 0.6 is 12.4 Å². The maximum absolute atomic E-state index is 12.0. The van der Waals surface area contributed by atoms with Gasteiger partial charge in [0, 0.05) is 19.3 Å². The van der Waals surface area contributed by atoms with Crippen molar-refractivity contribution >= 4 is 24.0 Å². The summed E-state index contributed by atoms with van der Waals surface area (Å²) >= 11 is 0. The number of ether oxygens (including phenoxy) is 1. The monoisotopic (exact) mass is 271 g/mol. The van der Waals surface area contributed by atoms with Crippen molar-refractivity contribution in [3.8, 4) is 0 Å². The van der Waals surface area contributed by atoms with Crippen LogP contribution in [0.2, 0.25) is 0 Å². The van der Waals surface area contributed by atoms with E-state index in [4.69, 9.17) is 10.5 Å². The minimum absolute atomic E-state index is 0. The summed E-state index contributed by atoms with van der Waals surface area (Å²) in [5.41, 5.74) is 6.90. The topological polar surface area (TPSA) is 68.5 Å². The van der Waals surface area contributed by atoms with E-state index < -0.39 is 0 Å². The summed E-state index contributed by atoms with van der Waals surface area (Å²) in [6, 6.07) is 3.75. The first-order chi connectivity index (χ1) is 8.16. The normalized spacial score (nSPS) is 18.2. The molecule has 1 saturated heterocycles. The molecule has 1 aromatic rings. The van der Waals surface area contributed by atoms with Gasteiger partial charge >= 0.3 is 0 Å². The Bertz CT molecular complexity index is 391. The van der Waals surface area contributed by atoms with Gasteiger partial charge in [-0.25, -0.2) is 0 Å². The molecule has 0 radical (unpaired) electrons. The van der Waals surface area contributed by atoms with Gasteiger partial charge < -0.3 is 15.4 Å². The van der Waals surface area contributed by atoms with E-state index in [1.807, 2.05) is 7.05 Å². The number of aromatic nitrogens is 1. The molecule has 0 bridgehead atoms. The molecule has 0 saturated carbocycles. The number of rotatable bonds is 3. The molecular formula is C12H18ClN3O2. The largest absolute Gasteiger partial charge is 0.397 e. The van der Waals surface area contributed by atoms with Crippen LogP contribution in [0.3, 0.4) is 0 Å². The summed E-state index contributed by atoms with van der Waals surface area (Å²) in [6.07, 6.45) is 2.80. The molecule has 2 rings (SSSR count).